The topological polar surface area (TPSA) is 25.8 Å². The van der Waals surface area contributed by atoms with E-state index in [1.807, 2.05) is 18.3 Å². The van der Waals surface area contributed by atoms with Gasteiger partial charge in [-0.2, -0.15) is 0 Å². The molecule has 0 atom stereocenters. The first-order chi connectivity index (χ1) is 22.5. The van der Waals surface area contributed by atoms with E-state index in [0.717, 1.165) is 11.3 Å². The maximum absolute atomic E-state index is 7.28. The zero-order valence-electron chi connectivity index (χ0n) is 28.9. The molecule has 0 aliphatic rings. The van der Waals surface area contributed by atoms with Crippen molar-refractivity contribution in [2.24, 2.45) is 0 Å². The van der Waals surface area contributed by atoms with Gasteiger partial charge in [-0.1, -0.05) is 79.1 Å². The van der Waals surface area contributed by atoms with E-state index in [4.69, 9.17) is 8.22 Å². The van der Waals surface area contributed by atoms with E-state index >= 15 is 0 Å². The van der Waals surface area contributed by atoms with E-state index < -0.39 is 13.7 Å². The molecule has 0 amide bonds. The number of benzene rings is 5. The molecule has 42 heavy (non-hydrogen) atoms. The van der Waals surface area contributed by atoms with E-state index in [9.17, 15) is 0 Å². The number of aryl methyl sites for hydroxylation is 3. The molecule has 7 rings (SSSR count). The van der Waals surface area contributed by atoms with Crippen molar-refractivity contribution in [2.75, 3.05) is 0 Å². The third-order valence-corrected chi connectivity index (χ3v) is 6.92. The van der Waals surface area contributed by atoms with Crippen LogP contribution < -0.4 is 0 Å². The number of fused-ring (bicyclic) bond motifs is 3. The van der Waals surface area contributed by atoms with Crippen molar-refractivity contribution in [3.8, 4) is 33.6 Å². The second-order valence-electron chi connectivity index (χ2n) is 9.82. The Morgan fingerprint density at radius 1 is 0.619 bits per heavy atom. The Labute approximate surface area is 269 Å². The largest absolute Gasteiger partial charge is 0.305 e. The van der Waals surface area contributed by atoms with Gasteiger partial charge in [0.1, 0.15) is 0 Å². The maximum atomic E-state index is 7.28. The molecule has 1 radical (unpaired) electrons. The van der Waals surface area contributed by atoms with Crippen LogP contribution in [0.15, 0.2) is 128 Å². The standard InChI is InChI=1S/C26H18N.C13H12N.Ir/c1-18-13-14-27-26(15-18)21-9-6-8-19(16-21)25-17-20-7-2-3-10-22(20)23-11-4-5-12-24(23)25;1-10-3-6-12(7-4-10)13-8-5-11(2)9-14-13;/h2-8,10-17H,1H3;3-6,8-9H,1-2H3;/q2*-1;/i;1D3,2D3;. The minimum absolute atomic E-state index is 0. The van der Waals surface area contributed by atoms with Crippen LogP contribution in [-0.4, -0.2) is 9.97 Å². The van der Waals surface area contributed by atoms with Crippen molar-refractivity contribution >= 4 is 21.5 Å². The molecule has 7 aromatic rings. The van der Waals surface area contributed by atoms with E-state index in [1.54, 1.807) is 12.1 Å². The monoisotopic (exact) mass is 725 g/mol. The fourth-order valence-electron chi connectivity index (χ4n) is 4.90. The van der Waals surface area contributed by atoms with E-state index in [-0.39, 0.29) is 31.2 Å². The molecule has 0 spiro atoms. The van der Waals surface area contributed by atoms with Gasteiger partial charge in [-0.15, -0.1) is 70.8 Å². The van der Waals surface area contributed by atoms with Gasteiger partial charge in [-0.25, -0.2) is 0 Å². The van der Waals surface area contributed by atoms with E-state index in [0.29, 0.717) is 11.3 Å². The summed E-state index contributed by atoms with van der Waals surface area (Å²) in [4.78, 5) is 8.60. The van der Waals surface area contributed by atoms with E-state index in [1.165, 1.54) is 62.6 Å². The maximum Gasteiger partial charge on any atom is 0.0280 e. The van der Waals surface area contributed by atoms with Gasteiger partial charge in [-0.05, 0) is 70.0 Å². The first-order valence-corrected chi connectivity index (χ1v) is 13.3. The molecular weight excluding hydrogens is 689 g/mol. The fraction of sp³-hybridized carbons (Fsp3) is 0.0769. The summed E-state index contributed by atoms with van der Waals surface area (Å²) in [7, 11) is 0. The molecule has 3 heteroatoms. The Morgan fingerprint density at radius 2 is 1.40 bits per heavy atom. The summed E-state index contributed by atoms with van der Waals surface area (Å²) >= 11 is 0. The van der Waals surface area contributed by atoms with Gasteiger partial charge >= 0.3 is 0 Å². The van der Waals surface area contributed by atoms with Gasteiger partial charge in [0.2, 0.25) is 0 Å². The Balaban J connectivity index is 0.000000193. The van der Waals surface area contributed by atoms with Crippen LogP contribution in [0, 0.1) is 32.8 Å². The molecule has 207 valence electrons. The smallest absolute Gasteiger partial charge is 0.0280 e. The number of aromatic nitrogens is 2. The summed E-state index contributed by atoms with van der Waals surface area (Å²) in [6, 6.07) is 43.7. The molecule has 0 aliphatic heterocycles. The number of hydrogen-bond acceptors (Lipinski definition) is 2. The molecule has 0 bridgehead atoms. The van der Waals surface area contributed by atoms with Gasteiger partial charge < -0.3 is 9.97 Å². The minimum atomic E-state index is -2.18. The van der Waals surface area contributed by atoms with Crippen molar-refractivity contribution in [1.29, 1.82) is 0 Å². The third kappa shape index (κ3) is 6.39. The molecule has 2 heterocycles. The number of rotatable bonds is 3. The summed E-state index contributed by atoms with van der Waals surface area (Å²) in [5.74, 6) is 0. The summed E-state index contributed by atoms with van der Waals surface area (Å²) in [6.45, 7) is -2.25. The van der Waals surface area contributed by atoms with Crippen molar-refractivity contribution < 1.29 is 28.3 Å². The minimum Gasteiger partial charge on any atom is -0.305 e. The Kier molecular flexibility index (Phi) is 6.89. The van der Waals surface area contributed by atoms with Crippen molar-refractivity contribution in [2.45, 2.75) is 20.6 Å². The number of hydrogen-bond donors (Lipinski definition) is 0. The van der Waals surface area contributed by atoms with E-state index in [2.05, 4.69) is 102 Å². The van der Waals surface area contributed by atoms with Gasteiger partial charge in [-0.3, -0.25) is 0 Å². The first kappa shape index (κ1) is 22.2. The summed E-state index contributed by atoms with van der Waals surface area (Å²) in [6.07, 6.45) is 3.16. The van der Waals surface area contributed by atoms with Crippen LogP contribution in [0.3, 0.4) is 0 Å². The van der Waals surface area contributed by atoms with Gasteiger partial charge in [0.05, 0.1) is 0 Å². The predicted octanol–water partition coefficient (Wildman–Crippen LogP) is 9.99. The van der Waals surface area contributed by atoms with Gasteiger partial charge in [0.15, 0.2) is 0 Å². The molecular formula is C39H30IrN2-2. The van der Waals surface area contributed by atoms with Gasteiger partial charge in [0.25, 0.3) is 0 Å². The molecule has 5 aromatic carbocycles. The van der Waals surface area contributed by atoms with Crippen LogP contribution in [-0.2, 0) is 20.1 Å². The average molecular weight is 725 g/mol. The summed E-state index contributed by atoms with van der Waals surface area (Å²) < 4.78 is 43.6. The Bertz CT molecular complexity index is 2120. The van der Waals surface area contributed by atoms with Crippen molar-refractivity contribution in [3.05, 3.63) is 156 Å². The Morgan fingerprint density at radius 3 is 2.14 bits per heavy atom. The quantitative estimate of drug-likeness (QED) is 0.134. The van der Waals surface area contributed by atoms with Crippen LogP contribution in [0.5, 0.6) is 0 Å². The zero-order chi connectivity index (χ0) is 33.2. The number of pyridine rings is 2. The zero-order valence-corrected chi connectivity index (χ0v) is 25.2. The Hall–Kier alpha value is -4.43. The predicted molar refractivity (Wildman–Crippen MR) is 172 cm³/mol. The summed E-state index contributed by atoms with van der Waals surface area (Å²) in [5.41, 5.74) is 7.16. The second-order valence-corrected chi connectivity index (χ2v) is 9.82. The van der Waals surface area contributed by atoms with Crippen LogP contribution in [0.25, 0.3) is 55.2 Å². The average Bonchev–Trinajstić information content (AvgIpc) is 3.08. The molecule has 2 aromatic heterocycles. The van der Waals surface area contributed by atoms with Crippen LogP contribution in [0.2, 0.25) is 0 Å². The molecule has 0 saturated heterocycles. The van der Waals surface area contributed by atoms with Crippen LogP contribution in [0.4, 0.5) is 0 Å². The van der Waals surface area contributed by atoms with Crippen LogP contribution in [0.1, 0.15) is 24.9 Å². The van der Waals surface area contributed by atoms with Gasteiger partial charge in [0, 0.05) is 40.7 Å². The normalized spacial score (nSPS) is 13.3. The fourth-order valence-corrected chi connectivity index (χ4v) is 4.90. The second kappa shape index (κ2) is 13.0. The first-order valence-electron chi connectivity index (χ1n) is 16.3. The molecule has 0 unspecified atom stereocenters. The SMILES string of the molecule is Cc1ccnc(-c2[c-]ccc(-c3cc4ccccc4c4ccccc34)c2)c1.[2H]C([2H])([2H])c1c[c-]c(-c2ccc(C([2H])([2H])[2H])cn2)cc1.[Ir]. The molecule has 2 nitrogen and oxygen atoms in total. The number of nitrogens with zero attached hydrogens (tertiary/aromatic N) is 2. The van der Waals surface area contributed by atoms with Crippen molar-refractivity contribution in [1.82, 2.24) is 9.97 Å². The summed E-state index contributed by atoms with van der Waals surface area (Å²) in [5, 5.41) is 5.10. The molecule has 0 aliphatic carbocycles. The molecule has 0 fully saturated rings. The van der Waals surface area contributed by atoms with Crippen LogP contribution >= 0.6 is 0 Å². The third-order valence-electron chi connectivity index (χ3n) is 6.92. The molecule has 0 N–H and O–H groups in total. The molecule has 0 saturated carbocycles. The van der Waals surface area contributed by atoms with Crippen molar-refractivity contribution in [3.63, 3.8) is 0 Å².